The molecule has 0 aromatic carbocycles. The minimum Gasteiger partial charge on any atom is -0.480 e. The molecule has 0 heterocycles. The molecule has 0 radical (unpaired) electrons. The summed E-state index contributed by atoms with van der Waals surface area (Å²) in [7, 11) is 1.87. The summed E-state index contributed by atoms with van der Waals surface area (Å²) in [5.41, 5.74) is 4.77. The van der Waals surface area contributed by atoms with Gasteiger partial charge in [-0.3, -0.25) is 14.5 Å². The van der Waals surface area contributed by atoms with Crippen molar-refractivity contribution in [2.45, 2.75) is 37.9 Å². The lowest BCUT2D eigenvalue weighted by molar-refractivity contribution is -0.142. The van der Waals surface area contributed by atoms with E-state index in [0.717, 1.165) is 12.8 Å². The van der Waals surface area contributed by atoms with Gasteiger partial charge in [0.25, 0.3) is 0 Å². The van der Waals surface area contributed by atoms with Crippen LogP contribution in [0.3, 0.4) is 0 Å². The first-order valence-electron chi connectivity index (χ1n) is 5.35. The van der Waals surface area contributed by atoms with E-state index in [1.54, 1.807) is 6.92 Å². The number of carbonyl (C=O) groups is 2. The highest BCUT2D eigenvalue weighted by atomic mass is 16.4. The average Bonchev–Trinajstić information content (AvgIpc) is 3.10. The van der Waals surface area contributed by atoms with Crippen LogP contribution in [0.15, 0.2) is 0 Å². The third-order valence-corrected chi connectivity index (χ3v) is 2.61. The van der Waals surface area contributed by atoms with Gasteiger partial charge in [-0.05, 0) is 26.8 Å². The van der Waals surface area contributed by atoms with Crippen LogP contribution >= 0.6 is 0 Å². The van der Waals surface area contributed by atoms with Crippen LogP contribution in [-0.2, 0) is 9.59 Å². The molecule has 1 aliphatic carbocycles. The minimum absolute atomic E-state index is 0.326. The number of hydrogen-bond donors (Lipinski definition) is 4. The smallest absolute Gasteiger partial charge is 0.322 e. The Bertz CT molecular complexity index is 267. The highest BCUT2D eigenvalue weighted by Gasteiger charge is 2.31. The number of aliphatic hydroxyl groups excluding tert-OH is 1. The number of aliphatic hydroxyl groups is 1. The molecule has 1 aliphatic rings. The normalized spacial score (nSPS) is 17.9. The Hall–Kier alpha value is -1.18. The minimum atomic E-state index is -1.18. The van der Waals surface area contributed by atoms with Gasteiger partial charge in [-0.25, -0.2) is 0 Å². The van der Waals surface area contributed by atoms with Crippen molar-refractivity contribution in [2.75, 3.05) is 13.7 Å². The molecule has 0 aromatic rings. The average molecular weight is 248 g/mol. The lowest BCUT2D eigenvalue weighted by atomic mass is 10.3. The van der Waals surface area contributed by atoms with Crippen LogP contribution in [-0.4, -0.2) is 63.9 Å². The molecular weight excluding hydrogens is 228 g/mol. The van der Waals surface area contributed by atoms with Gasteiger partial charge in [0.1, 0.15) is 12.1 Å². The molecule has 0 aliphatic heterocycles. The number of rotatable bonds is 5. The third kappa shape index (κ3) is 6.20. The van der Waals surface area contributed by atoms with Crippen molar-refractivity contribution in [1.29, 1.82) is 0 Å². The molecule has 17 heavy (non-hydrogen) atoms. The van der Waals surface area contributed by atoms with Gasteiger partial charge >= 0.3 is 11.9 Å². The fraction of sp³-hybridized carbons (Fsp3) is 0.800. The lowest BCUT2D eigenvalue weighted by Crippen LogP contribution is -2.37. The van der Waals surface area contributed by atoms with Crippen LogP contribution < -0.4 is 5.73 Å². The van der Waals surface area contributed by atoms with E-state index >= 15 is 0 Å². The van der Waals surface area contributed by atoms with E-state index in [4.69, 9.17) is 21.1 Å². The molecule has 1 unspecified atom stereocenters. The highest BCUT2D eigenvalue weighted by molar-refractivity contribution is 5.73. The summed E-state index contributed by atoms with van der Waals surface area (Å²) >= 11 is 0. The molecule has 1 rings (SSSR count). The van der Waals surface area contributed by atoms with Crippen molar-refractivity contribution in [3.05, 3.63) is 0 Å². The Morgan fingerprint density at radius 1 is 1.35 bits per heavy atom. The number of aliphatic carboxylic acids is 2. The summed E-state index contributed by atoms with van der Waals surface area (Å²) < 4.78 is 0. The Balaban J connectivity index is 0.000000325. The van der Waals surface area contributed by atoms with Crippen molar-refractivity contribution in [3.63, 3.8) is 0 Å². The molecule has 5 N–H and O–H groups in total. The zero-order valence-electron chi connectivity index (χ0n) is 10.0. The maximum absolute atomic E-state index is 10.4. The van der Waals surface area contributed by atoms with Crippen LogP contribution in [0.1, 0.15) is 19.8 Å². The second-order valence-electron chi connectivity index (χ2n) is 4.04. The molecule has 1 saturated carbocycles. The topological polar surface area (TPSA) is 124 Å². The van der Waals surface area contributed by atoms with Crippen LogP contribution in [0.5, 0.6) is 0 Å². The predicted octanol–water partition coefficient (Wildman–Crippen LogP) is -1.06. The van der Waals surface area contributed by atoms with Crippen molar-refractivity contribution in [1.82, 2.24) is 4.90 Å². The second kappa shape index (κ2) is 7.21. The Kier molecular flexibility index (Phi) is 6.71. The summed E-state index contributed by atoms with van der Waals surface area (Å²) in [6.45, 7) is 1.22. The molecule has 0 bridgehead atoms. The van der Waals surface area contributed by atoms with E-state index in [2.05, 4.69) is 0 Å². The predicted molar refractivity (Wildman–Crippen MR) is 60.6 cm³/mol. The van der Waals surface area contributed by atoms with Gasteiger partial charge < -0.3 is 21.1 Å². The number of carboxylic acid groups (broad SMARTS) is 2. The molecule has 7 nitrogen and oxygen atoms in total. The van der Waals surface area contributed by atoms with Crippen LogP contribution in [0.25, 0.3) is 0 Å². The van der Waals surface area contributed by atoms with E-state index in [9.17, 15) is 9.59 Å². The summed E-state index contributed by atoms with van der Waals surface area (Å²) in [6, 6.07) is -0.918. The number of nitrogens with zero attached hydrogens (tertiary/aromatic N) is 1. The van der Waals surface area contributed by atoms with Crippen molar-refractivity contribution >= 4 is 11.9 Å². The van der Waals surface area contributed by atoms with Gasteiger partial charge in [-0.15, -0.1) is 0 Å². The molecule has 1 fully saturated rings. The van der Waals surface area contributed by atoms with Gasteiger partial charge in [0.2, 0.25) is 0 Å². The molecule has 100 valence electrons. The Morgan fingerprint density at radius 3 is 2.00 bits per heavy atom. The van der Waals surface area contributed by atoms with E-state index in [0.29, 0.717) is 6.04 Å². The van der Waals surface area contributed by atoms with E-state index in [-0.39, 0.29) is 6.04 Å². The Morgan fingerprint density at radius 2 is 1.82 bits per heavy atom. The van der Waals surface area contributed by atoms with E-state index in [1.807, 2.05) is 11.9 Å². The quantitative estimate of drug-likeness (QED) is 0.489. The molecule has 0 saturated heterocycles. The van der Waals surface area contributed by atoms with Gasteiger partial charge in [-0.1, -0.05) is 0 Å². The molecule has 7 heteroatoms. The number of carboxylic acids is 2. The van der Waals surface area contributed by atoms with E-state index < -0.39 is 24.6 Å². The van der Waals surface area contributed by atoms with Gasteiger partial charge in [0, 0.05) is 6.04 Å². The van der Waals surface area contributed by atoms with Gasteiger partial charge in [0.15, 0.2) is 0 Å². The summed E-state index contributed by atoms with van der Waals surface area (Å²) in [5, 5.41) is 24.5. The van der Waals surface area contributed by atoms with Crippen molar-refractivity contribution in [2.24, 2.45) is 5.73 Å². The zero-order valence-corrected chi connectivity index (χ0v) is 10.0. The molecular formula is C10H20N2O5. The monoisotopic (exact) mass is 248 g/mol. The lowest BCUT2D eigenvalue weighted by Gasteiger charge is -2.19. The first-order valence-corrected chi connectivity index (χ1v) is 5.35. The Labute approximate surface area is 99.8 Å². The number of hydrogen-bond acceptors (Lipinski definition) is 5. The van der Waals surface area contributed by atoms with E-state index in [1.165, 1.54) is 0 Å². The molecule has 0 spiro atoms. The number of likely N-dealkylation sites (N-methyl/N-ethyl adjacent to an activating group) is 1. The molecule has 0 amide bonds. The van der Waals surface area contributed by atoms with Crippen LogP contribution in [0.4, 0.5) is 0 Å². The first kappa shape index (κ1) is 15.8. The third-order valence-electron chi connectivity index (χ3n) is 2.61. The standard InChI is InChI=1S/C7H13NO2.C3H7NO3/c1-5(7(9)10)8(2)6-3-4-6;4-2(1-5)3(6)7/h5-6H,3-4H2,1-2H3,(H,9,10);2,5H,1,4H2,(H,6,7)/t;2-/m.0/s1. The number of nitrogens with two attached hydrogens (primary N) is 1. The summed E-state index contributed by atoms with van der Waals surface area (Å²) in [4.78, 5) is 22.0. The maximum atomic E-state index is 10.4. The molecule has 2 atom stereocenters. The summed E-state index contributed by atoms with van der Waals surface area (Å²) in [6.07, 6.45) is 2.32. The largest absolute Gasteiger partial charge is 0.480 e. The fourth-order valence-electron chi connectivity index (χ4n) is 1.05. The van der Waals surface area contributed by atoms with Crippen LogP contribution in [0, 0.1) is 0 Å². The maximum Gasteiger partial charge on any atom is 0.322 e. The van der Waals surface area contributed by atoms with Gasteiger partial charge in [0.05, 0.1) is 6.61 Å². The fourth-order valence-corrected chi connectivity index (χ4v) is 1.05. The van der Waals surface area contributed by atoms with Crippen LogP contribution in [0.2, 0.25) is 0 Å². The second-order valence-corrected chi connectivity index (χ2v) is 4.04. The van der Waals surface area contributed by atoms with Gasteiger partial charge in [-0.2, -0.15) is 0 Å². The SMILES string of the molecule is CC(C(=O)O)N(C)C1CC1.N[C@@H](CO)C(=O)O. The molecule has 0 aromatic heterocycles. The van der Waals surface area contributed by atoms with Crippen molar-refractivity contribution < 1.29 is 24.9 Å². The summed E-state index contributed by atoms with van der Waals surface area (Å²) in [5.74, 6) is -1.91. The first-order chi connectivity index (χ1) is 7.81. The van der Waals surface area contributed by atoms with Crippen molar-refractivity contribution in [3.8, 4) is 0 Å². The highest BCUT2D eigenvalue weighted by Crippen LogP contribution is 2.26. The zero-order chi connectivity index (χ0) is 13.6.